The highest BCUT2D eigenvalue weighted by Crippen LogP contribution is 2.40. The molecule has 0 bridgehead atoms. The van der Waals surface area contributed by atoms with Crippen molar-refractivity contribution in [2.45, 2.75) is 70.3 Å². The van der Waals surface area contributed by atoms with Crippen LogP contribution in [0.5, 0.6) is 11.5 Å². The fourth-order valence-electron chi connectivity index (χ4n) is 4.50. The van der Waals surface area contributed by atoms with E-state index >= 15 is 0 Å². The minimum absolute atomic E-state index is 0.0782. The van der Waals surface area contributed by atoms with E-state index in [4.69, 9.17) is 0 Å². The van der Waals surface area contributed by atoms with E-state index < -0.39 is 46.7 Å². The van der Waals surface area contributed by atoms with Crippen LogP contribution in [0.15, 0.2) is 42.7 Å². The molecule has 9 heteroatoms. The Hall–Kier alpha value is -2.71. The van der Waals surface area contributed by atoms with Gasteiger partial charge >= 0.3 is 12.2 Å². The second-order valence-corrected chi connectivity index (χ2v) is 8.81. The van der Waals surface area contributed by atoms with Gasteiger partial charge in [0.25, 0.3) is 0 Å². The molecule has 0 N–H and O–H groups in total. The monoisotopic (exact) mass is 504 g/mol. The lowest BCUT2D eigenvalue weighted by molar-refractivity contribution is -0.187. The first kappa shape index (κ1) is 26.9. The second-order valence-electron chi connectivity index (χ2n) is 8.81. The Balaban J connectivity index is 1.68. The molecule has 1 saturated carbocycles. The van der Waals surface area contributed by atoms with Crippen LogP contribution in [-0.2, 0) is 6.11 Å². The molecule has 0 amide bonds. The number of hydrogen-bond acceptors (Lipinski definition) is 2. The summed E-state index contributed by atoms with van der Waals surface area (Å²) in [5.74, 6) is -5.75. The molecule has 0 heterocycles. The lowest BCUT2D eigenvalue weighted by Gasteiger charge is -2.29. The molecule has 0 aromatic heterocycles. The summed E-state index contributed by atoms with van der Waals surface area (Å²) >= 11 is 0. The fourth-order valence-corrected chi connectivity index (χ4v) is 4.50. The molecule has 2 nitrogen and oxygen atoms in total. The lowest BCUT2D eigenvalue weighted by Crippen LogP contribution is -2.24. The smallest absolute Gasteiger partial charge is 0.429 e. The van der Waals surface area contributed by atoms with E-state index in [1.807, 2.05) is 0 Å². The third kappa shape index (κ3) is 7.15. The van der Waals surface area contributed by atoms with Crippen molar-refractivity contribution in [2.24, 2.45) is 5.92 Å². The van der Waals surface area contributed by atoms with Gasteiger partial charge in [0.05, 0.1) is 5.56 Å². The van der Waals surface area contributed by atoms with Gasteiger partial charge in [0.15, 0.2) is 23.6 Å². The van der Waals surface area contributed by atoms with Crippen LogP contribution in [0, 0.1) is 23.4 Å². The van der Waals surface area contributed by atoms with Crippen LogP contribution >= 0.6 is 0 Å². The van der Waals surface area contributed by atoms with Crippen molar-refractivity contribution in [1.82, 2.24) is 0 Å². The quantitative estimate of drug-likeness (QED) is 0.182. The van der Waals surface area contributed by atoms with Crippen molar-refractivity contribution in [3.63, 3.8) is 0 Å². The van der Waals surface area contributed by atoms with E-state index in [1.165, 1.54) is 25.3 Å². The third-order valence-corrected chi connectivity index (χ3v) is 6.32. The minimum Gasteiger partial charge on any atom is -0.453 e. The molecule has 0 aliphatic heterocycles. The number of ether oxygens (including phenoxy) is 2. The third-order valence-electron chi connectivity index (χ3n) is 6.32. The van der Waals surface area contributed by atoms with Crippen molar-refractivity contribution in [3.8, 4) is 11.5 Å². The van der Waals surface area contributed by atoms with Crippen LogP contribution in [0.4, 0.5) is 30.7 Å². The van der Waals surface area contributed by atoms with Gasteiger partial charge in [-0.3, -0.25) is 0 Å². The van der Waals surface area contributed by atoms with E-state index in [1.54, 1.807) is 0 Å². The van der Waals surface area contributed by atoms with Crippen LogP contribution < -0.4 is 9.47 Å². The molecule has 1 aliphatic carbocycles. The predicted octanol–water partition coefficient (Wildman–Crippen LogP) is 9.20. The standard InChI is InChI=1S/C26H27F7O2/c1-2-3-4-5-16-6-8-17(9-7-16)18-10-11-20(21(27)12-18)26(32,33)35-19-13-22(28)25(23(29)14-19)34-15-24(30)31/h10-17H,2-9H2,1H3. The van der Waals surface area contributed by atoms with Gasteiger partial charge < -0.3 is 9.47 Å². The maximum atomic E-state index is 14.7. The van der Waals surface area contributed by atoms with E-state index in [0.717, 1.165) is 44.2 Å². The molecular weight excluding hydrogens is 477 g/mol. The summed E-state index contributed by atoms with van der Waals surface area (Å²) < 4.78 is 105. The fraction of sp³-hybridized carbons (Fsp3) is 0.462. The molecule has 35 heavy (non-hydrogen) atoms. The molecule has 1 fully saturated rings. The van der Waals surface area contributed by atoms with Gasteiger partial charge in [-0.05, 0) is 55.2 Å². The van der Waals surface area contributed by atoms with Gasteiger partial charge in [-0.1, -0.05) is 38.7 Å². The Bertz CT molecular complexity index is 1000. The maximum absolute atomic E-state index is 14.7. The van der Waals surface area contributed by atoms with Gasteiger partial charge in [-0.2, -0.15) is 17.6 Å². The largest absolute Gasteiger partial charge is 0.453 e. The molecule has 192 valence electrons. The average Bonchev–Trinajstić information content (AvgIpc) is 2.78. The topological polar surface area (TPSA) is 18.5 Å². The van der Waals surface area contributed by atoms with Crippen molar-refractivity contribution >= 4 is 0 Å². The molecule has 2 aromatic rings. The summed E-state index contributed by atoms with van der Waals surface area (Å²) in [6.45, 7) is 2.16. The number of benzene rings is 2. The van der Waals surface area contributed by atoms with Crippen LogP contribution in [0.2, 0.25) is 0 Å². The number of alkyl halides is 2. The molecule has 0 unspecified atom stereocenters. The van der Waals surface area contributed by atoms with Gasteiger partial charge in [0, 0.05) is 12.1 Å². The Morgan fingerprint density at radius 2 is 1.60 bits per heavy atom. The molecule has 0 saturated heterocycles. The Labute approximate surface area is 199 Å². The first-order valence-electron chi connectivity index (χ1n) is 11.6. The lowest BCUT2D eigenvalue weighted by atomic mass is 9.77. The van der Waals surface area contributed by atoms with Crippen molar-refractivity contribution in [3.05, 3.63) is 71.3 Å². The average molecular weight is 504 g/mol. The summed E-state index contributed by atoms with van der Waals surface area (Å²) in [5, 5.41) is 0. The normalized spacial score (nSPS) is 18.3. The summed E-state index contributed by atoms with van der Waals surface area (Å²) in [6.07, 6.45) is 1.69. The van der Waals surface area contributed by atoms with Crippen molar-refractivity contribution in [2.75, 3.05) is 0 Å². The summed E-state index contributed by atoms with van der Waals surface area (Å²) in [6, 6.07) is 4.07. The molecule has 3 rings (SSSR count). The molecule has 0 atom stereocenters. The van der Waals surface area contributed by atoms with Crippen molar-refractivity contribution < 1.29 is 40.2 Å². The Kier molecular flexibility index (Phi) is 9.08. The van der Waals surface area contributed by atoms with Crippen LogP contribution in [0.1, 0.15) is 75.3 Å². The highest BCUT2D eigenvalue weighted by Gasteiger charge is 2.38. The molecule has 1 aliphatic rings. The van der Waals surface area contributed by atoms with Gasteiger partial charge in [-0.25, -0.2) is 13.2 Å². The second kappa shape index (κ2) is 11.8. The highest BCUT2D eigenvalue weighted by molar-refractivity contribution is 5.36. The summed E-state index contributed by atoms with van der Waals surface area (Å²) in [5.41, 5.74) is -0.459. The maximum Gasteiger partial charge on any atom is 0.429 e. The van der Waals surface area contributed by atoms with Crippen LogP contribution in [0.3, 0.4) is 0 Å². The van der Waals surface area contributed by atoms with Crippen molar-refractivity contribution in [1.29, 1.82) is 0 Å². The van der Waals surface area contributed by atoms with Gasteiger partial charge in [-0.15, -0.1) is 0 Å². The van der Waals surface area contributed by atoms with E-state index in [0.29, 0.717) is 23.6 Å². The van der Waals surface area contributed by atoms with E-state index in [9.17, 15) is 30.7 Å². The van der Waals surface area contributed by atoms with Gasteiger partial charge in [0.1, 0.15) is 11.6 Å². The molecule has 0 radical (unpaired) electrons. The zero-order chi connectivity index (χ0) is 25.6. The number of hydrogen-bond donors (Lipinski definition) is 0. The Morgan fingerprint density at radius 3 is 2.17 bits per heavy atom. The number of unbranched alkanes of at least 4 members (excludes halogenated alkanes) is 2. The SMILES string of the molecule is CCCCCC1CCC(c2ccc(C(F)(F)Oc3cc(F)c(OC=C(F)F)c(F)c3)c(F)c2)CC1. The number of rotatable bonds is 10. The predicted molar refractivity (Wildman–Crippen MR) is 117 cm³/mol. The zero-order valence-corrected chi connectivity index (χ0v) is 19.2. The summed E-state index contributed by atoms with van der Waals surface area (Å²) in [7, 11) is 0. The highest BCUT2D eigenvalue weighted by atomic mass is 19.3. The van der Waals surface area contributed by atoms with Crippen LogP contribution in [-0.4, -0.2) is 0 Å². The zero-order valence-electron chi connectivity index (χ0n) is 19.2. The molecular formula is C26H27F7O2. The van der Waals surface area contributed by atoms with Crippen LogP contribution in [0.25, 0.3) is 0 Å². The van der Waals surface area contributed by atoms with E-state index in [-0.39, 0.29) is 12.2 Å². The van der Waals surface area contributed by atoms with E-state index in [2.05, 4.69) is 16.4 Å². The summed E-state index contributed by atoms with van der Waals surface area (Å²) in [4.78, 5) is 0. The minimum atomic E-state index is -4.24. The first-order chi connectivity index (χ1) is 16.6. The van der Waals surface area contributed by atoms with Gasteiger partial charge in [0.2, 0.25) is 0 Å². The Morgan fingerprint density at radius 1 is 0.943 bits per heavy atom. The molecule has 0 spiro atoms. The molecule has 2 aromatic carbocycles. The first-order valence-corrected chi connectivity index (χ1v) is 11.6. The number of halogens is 7.